The molecule has 1 aliphatic heterocycles. The van der Waals surface area contributed by atoms with Crippen molar-refractivity contribution in [3.63, 3.8) is 0 Å². The van der Waals surface area contributed by atoms with Crippen molar-refractivity contribution in [1.82, 2.24) is 9.80 Å². The molecule has 0 aliphatic carbocycles. The molecule has 0 bridgehead atoms. The van der Waals surface area contributed by atoms with E-state index in [1.54, 1.807) is 4.90 Å². The molecule has 22 heavy (non-hydrogen) atoms. The monoisotopic (exact) mass is 328 g/mol. The lowest BCUT2D eigenvalue weighted by Gasteiger charge is -2.35. The number of hydrogen-bond acceptors (Lipinski definition) is 3. The molecule has 1 aromatic carbocycles. The van der Waals surface area contributed by atoms with Gasteiger partial charge in [-0.1, -0.05) is 0 Å². The first kappa shape index (κ1) is 16.7. The van der Waals surface area contributed by atoms with Crippen LogP contribution < -0.4 is 0 Å². The number of halogens is 2. The first-order valence-corrected chi connectivity index (χ1v) is 8.28. The number of rotatable bonds is 3. The molecule has 1 fully saturated rings. The number of amides is 2. The van der Waals surface area contributed by atoms with E-state index in [1.165, 1.54) is 16.7 Å². The smallest absolute Gasteiger partial charge is 0.256 e. The number of carbonyl (C=O) groups is 2. The Morgan fingerprint density at radius 1 is 1.14 bits per heavy atom. The maximum absolute atomic E-state index is 13.7. The van der Waals surface area contributed by atoms with Gasteiger partial charge < -0.3 is 9.80 Å². The van der Waals surface area contributed by atoms with E-state index in [-0.39, 0.29) is 16.7 Å². The number of hydrogen-bond donors (Lipinski definition) is 0. The molecule has 4 nitrogen and oxygen atoms in total. The fraction of sp³-hybridized carbons (Fsp3) is 0.467. The van der Waals surface area contributed by atoms with Crippen molar-refractivity contribution in [2.24, 2.45) is 0 Å². The van der Waals surface area contributed by atoms with Crippen LogP contribution in [0, 0.1) is 11.6 Å². The molecular weight excluding hydrogens is 310 g/mol. The van der Waals surface area contributed by atoms with Gasteiger partial charge in [-0.05, 0) is 25.3 Å². The van der Waals surface area contributed by atoms with Gasteiger partial charge in [0.15, 0.2) is 0 Å². The summed E-state index contributed by atoms with van der Waals surface area (Å²) in [6.07, 6.45) is 1.87. The average molecular weight is 328 g/mol. The molecule has 120 valence electrons. The Hall–Kier alpha value is -1.63. The van der Waals surface area contributed by atoms with Crippen molar-refractivity contribution in [2.45, 2.75) is 12.2 Å². The highest BCUT2D eigenvalue weighted by atomic mass is 32.2. The summed E-state index contributed by atoms with van der Waals surface area (Å²) < 4.78 is 26.5. The predicted octanol–water partition coefficient (Wildman–Crippen LogP) is 2.00. The molecule has 0 N–H and O–H groups in total. The molecular formula is C15H18F2N2O2S. The lowest BCUT2D eigenvalue weighted by Crippen LogP contribution is -2.52. The van der Waals surface area contributed by atoms with Crippen LogP contribution >= 0.6 is 11.8 Å². The normalized spacial score (nSPS) is 16.5. The largest absolute Gasteiger partial charge is 0.338 e. The molecule has 0 radical (unpaired) electrons. The quantitative estimate of drug-likeness (QED) is 0.852. The Labute approximate surface area is 132 Å². The molecule has 0 unspecified atom stereocenters. The van der Waals surface area contributed by atoms with Crippen LogP contribution in [0.1, 0.15) is 17.3 Å². The lowest BCUT2D eigenvalue weighted by molar-refractivity contribution is -0.131. The molecule has 1 aliphatic rings. The number of nitrogens with zero attached hydrogens (tertiary/aromatic N) is 2. The van der Waals surface area contributed by atoms with E-state index < -0.39 is 17.5 Å². The molecule has 1 atom stereocenters. The third kappa shape index (κ3) is 3.58. The minimum absolute atomic E-state index is 0.0487. The zero-order chi connectivity index (χ0) is 16.3. The zero-order valence-corrected chi connectivity index (χ0v) is 13.3. The fourth-order valence-corrected chi connectivity index (χ4v) is 2.67. The second-order valence-corrected chi connectivity index (χ2v) is 6.30. The van der Waals surface area contributed by atoms with Crippen molar-refractivity contribution >= 4 is 23.6 Å². The van der Waals surface area contributed by atoms with E-state index in [2.05, 4.69) is 0 Å². The minimum Gasteiger partial charge on any atom is -0.338 e. The van der Waals surface area contributed by atoms with Gasteiger partial charge in [0.2, 0.25) is 5.91 Å². The van der Waals surface area contributed by atoms with Crippen molar-refractivity contribution < 1.29 is 18.4 Å². The maximum atomic E-state index is 13.7. The molecule has 0 spiro atoms. The van der Waals surface area contributed by atoms with Crippen molar-refractivity contribution in [3.05, 3.63) is 35.4 Å². The minimum atomic E-state index is -0.862. The van der Waals surface area contributed by atoms with Crippen LogP contribution in [0.15, 0.2) is 18.2 Å². The third-order valence-electron chi connectivity index (χ3n) is 3.74. The van der Waals surface area contributed by atoms with E-state index in [0.717, 1.165) is 12.1 Å². The van der Waals surface area contributed by atoms with Crippen LogP contribution in [0.3, 0.4) is 0 Å². The second kappa shape index (κ2) is 7.09. The highest BCUT2D eigenvalue weighted by Gasteiger charge is 2.28. The van der Waals surface area contributed by atoms with Gasteiger partial charge in [0.1, 0.15) is 11.6 Å². The maximum Gasteiger partial charge on any atom is 0.256 e. The summed E-state index contributed by atoms with van der Waals surface area (Å²) in [5.74, 6) is -2.00. The molecule has 1 heterocycles. The third-order valence-corrected chi connectivity index (χ3v) is 4.65. The second-order valence-electron chi connectivity index (χ2n) is 5.12. The standard InChI is InChI=1S/C15H18F2N2O2S/c1-10(22-2)14(20)18-5-7-19(8-6-18)15(21)12-4-3-11(16)9-13(12)17/h3-4,9-10H,5-8H2,1-2H3/t10-/m1/s1. The molecule has 1 aromatic rings. The summed E-state index contributed by atoms with van der Waals surface area (Å²) in [5.41, 5.74) is -0.140. The zero-order valence-electron chi connectivity index (χ0n) is 12.5. The Morgan fingerprint density at radius 2 is 1.73 bits per heavy atom. The molecule has 7 heteroatoms. The molecule has 1 saturated heterocycles. The predicted molar refractivity (Wildman–Crippen MR) is 81.8 cm³/mol. The van der Waals surface area contributed by atoms with Gasteiger partial charge in [0, 0.05) is 32.2 Å². The van der Waals surface area contributed by atoms with Gasteiger partial charge in [-0.2, -0.15) is 11.8 Å². The molecule has 0 saturated carbocycles. The van der Waals surface area contributed by atoms with Crippen LogP contribution in [0.4, 0.5) is 8.78 Å². The van der Waals surface area contributed by atoms with Crippen LogP contribution in [0.2, 0.25) is 0 Å². The topological polar surface area (TPSA) is 40.6 Å². The van der Waals surface area contributed by atoms with E-state index in [1.807, 2.05) is 13.2 Å². The van der Waals surface area contributed by atoms with Crippen molar-refractivity contribution in [2.75, 3.05) is 32.4 Å². The van der Waals surface area contributed by atoms with Gasteiger partial charge in [-0.15, -0.1) is 0 Å². The summed E-state index contributed by atoms with van der Waals surface area (Å²) in [4.78, 5) is 27.5. The van der Waals surface area contributed by atoms with E-state index in [9.17, 15) is 18.4 Å². The lowest BCUT2D eigenvalue weighted by atomic mass is 10.1. The Balaban J connectivity index is 1.99. The van der Waals surface area contributed by atoms with E-state index in [4.69, 9.17) is 0 Å². The summed E-state index contributed by atoms with van der Waals surface area (Å²) in [6, 6.07) is 2.92. The number of piperazine rings is 1. The Kier molecular flexibility index (Phi) is 5.39. The van der Waals surface area contributed by atoms with Crippen LogP contribution in [-0.2, 0) is 4.79 Å². The van der Waals surface area contributed by atoms with Crippen LogP contribution in [0.5, 0.6) is 0 Å². The first-order valence-electron chi connectivity index (χ1n) is 7.00. The molecule has 2 amide bonds. The van der Waals surface area contributed by atoms with E-state index >= 15 is 0 Å². The summed E-state index contributed by atoms with van der Waals surface area (Å²) in [7, 11) is 0. The number of benzene rings is 1. The highest BCUT2D eigenvalue weighted by Crippen LogP contribution is 2.16. The fourth-order valence-electron chi connectivity index (χ4n) is 2.32. The average Bonchev–Trinajstić information content (AvgIpc) is 2.53. The van der Waals surface area contributed by atoms with Gasteiger partial charge in [0.05, 0.1) is 10.8 Å². The number of thioether (sulfide) groups is 1. The van der Waals surface area contributed by atoms with Crippen LogP contribution in [-0.4, -0.2) is 59.3 Å². The van der Waals surface area contributed by atoms with Gasteiger partial charge >= 0.3 is 0 Å². The van der Waals surface area contributed by atoms with Gasteiger partial charge in [-0.3, -0.25) is 9.59 Å². The summed E-state index contributed by atoms with van der Waals surface area (Å²) in [6.45, 7) is 3.40. The van der Waals surface area contributed by atoms with Gasteiger partial charge in [-0.25, -0.2) is 8.78 Å². The SMILES string of the molecule is CS[C@H](C)C(=O)N1CCN(C(=O)c2ccc(F)cc2F)CC1. The molecule has 0 aromatic heterocycles. The van der Waals surface area contributed by atoms with E-state index in [0.29, 0.717) is 32.2 Å². The first-order chi connectivity index (χ1) is 10.4. The van der Waals surface area contributed by atoms with Crippen LogP contribution in [0.25, 0.3) is 0 Å². The summed E-state index contributed by atoms with van der Waals surface area (Å²) in [5, 5.41) is -0.114. The van der Waals surface area contributed by atoms with Gasteiger partial charge in [0.25, 0.3) is 5.91 Å². The van der Waals surface area contributed by atoms with Crippen molar-refractivity contribution in [1.29, 1.82) is 0 Å². The Bertz CT molecular complexity index is 575. The molecule has 2 rings (SSSR count). The highest BCUT2D eigenvalue weighted by molar-refractivity contribution is 7.99. The summed E-state index contributed by atoms with van der Waals surface area (Å²) >= 11 is 1.48. The Morgan fingerprint density at radius 3 is 2.27 bits per heavy atom. The van der Waals surface area contributed by atoms with Crippen molar-refractivity contribution in [3.8, 4) is 0 Å². The number of carbonyl (C=O) groups excluding carboxylic acids is 2.